The zero-order valence-electron chi connectivity index (χ0n) is 13.7. The van der Waals surface area contributed by atoms with Crippen molar-refractivity contribution < 1.29 is 14.7 Å². The van der Waals surface area contributed by atoms with Gasteiger partial charge in [0.1, 0.15) is 0 Å². The molecule has 3 N–H and O–H groups in total. The number of aliphatic hydroxyl groups is 1. The third-order valence-electron chi connectivity index (χ3n) is 4.99. The van der Waals surface area contributed by atoms with Crippen LogP contribution in [0.3, 0.4) is 0 Å². The first kappa shape index (κ1) is 16.5. The summed E-state index contributed by atoms with van der Waals surface area (Å²) < 4.78 is 0. The van der Waals surface area contributed by atoms with Crippen LogP contribution in [-0.4, -0.2) is 77.8 Å². The van der Waals surface area contributed by atoms with E-state index in [1.807, 2.05) is 4.90 Å². The maximum absolute atomic E-state index is 12.3. The fourth-order valence-electron chi connectivity index (χ4n) is 3.30. The van der Waals surface area contributed by atoms with Gasteiger partial charge in [0, 0.05) is 38.3 Å². The number of urea groups is 1. The van der Waals surface area contributed by atoms with E-state index in [2.05, 4.69) is 15.5 Å². The number of nitrogens with zero attached hydrogens (tertiary/aromatic N) is 2. The topological polar surface area (TPSA) is 84.9 Å². The molecule has 0 aromatic heterocycles. The number of carbonyl (C=O) groups is 2. The largest absolute Gasteiger partial charge is 0.393 e. The molecule has 3 fully saturated rings. The summed E-state index contributed by atoms with van der Waals surface area (Å²) in [5.74, 6) is 0.103. The second kappa shape index (κ2) is 7.49. The zero-order chi connectivity index (χ0) is 16.2. The van der Waals surface area contributed by atoms with Gasteiger partial charge in [-0.1, -0.05) is 0 Å². The third-order valence-corrected chi connectivity index (χ3v) is 4.99. The monoisotopic (exact) mass is 324 g/mol. The van der Waals surface area contributed by atoms with Gasteiger partial charge in [-0.15, -0.1) is 0 Å². The average Bonchev–Trinajstić information content (AvgIpc) is 3.34. The minimum absolute atomic E-state index is 0.00604. The molecule has 0 aromatic rings. The molecule has 0 aromatic carbocycles. The number of piperazine rings is 1. The molecule has 0 bridgehead atoms. The fraction of sp³-hybridized carbons (Fsp3) is 0.875. The van der Waals surface area contributed by atoms with Gasteiger partial charge in [-0.3, -0.25) is 9.69 Å². The van der Waals surface area contributed by atoms with Gasteiger partial charge in [-0.2, -0.15) is 0 Å². The number of nitrogens with one attached hydrogen (secondary N) is 2. The Morgan fingerprint density at radius 2 is 1.43 bits per heavy atom. The summed E-state index contributed by atoms with van der Waals surface area (Å²) in [6, 6.07) is 0.588. The quantitative estimate of drug-likeness (QED) is 0.674. The smallest absolute Gasteiger partial charge is 0.317 e. The lowest BCUT2D eigenvalue weighted by Gasteiger charge is -2.36. The normalized spacial score (nSPS) is 29.2. The molecule has 3 rings (SSSR count). The zero-order valence-corrected chi connectivity index (χ0v) is 13.7. The van der Waals surface area contributed by atoms with Crippen molar-refractivity contribution in [2.24, 2.45) is 0 Å². The van der Waals surface area contributed by atoms with Crippen molar-refractivity contribution in [3.8, 4) is 0 Å². The van der Waals surface area contributed by atoms with Crippen molar-refractivity contribution in [3.05, 3.63) is 0 Å². The maximum atomic E-state index is 12.3. The van der Waals surface area contributed by atoms with E-state index in [1.165, 1.54) is 0 Å². The molecule has 0 radical (unpaired) electrons. The average molecular weight is 324 g/mol. The molecule has 1 heterocycles. The van der Waals surface area contributed by atoms with Crippen LogP contribution >= 0.6 is 0 Å². The molecule has 23 heavy (non-hydrogen) atoms. The van der Waals surface area contributed by atoms with Gasteiger partial charge in [-0.05, 0) is 38.5 Å². The van der Waals surface area contributed by atoms with Gasteiger partial charge in [0.2, 0.25) is 5.91 Å². The van der Waals surface area contributed by atoms with Crippen LogP contribution in [0.25, 0.3) is 0 Å². The molecule has 7 heteroatoms. The highest BCUT2D eigenvalue weighted by Gasteiger charge is 2.27. The van der Waals surface area contributed by atoms with Crippen molar-refractivity contribution in [2.45, 2.75) is 56.7 Å². The van der Waals surface area contributed by atoms with Gasteiger partial charge >= 0.3 is 6.03 Å². The van der Waals surface area contributed by atoms with Gasteiger partial charge in [0.15, 0.2) is 0 Å². The predicted octanol–water partition coefficient (Wildman–Crippen LogP) is -0.104. The maximum Gasteiger partial charge on any atom is 0.317 e. The van der Waals surface area contributed by atoms with E-state index in [-0.39, 0.29) is 24.1 Å². The number of aliphatic hydroxyl groups excluding tert-OH is 1. The van der Waals surface area contributed by atoms with Gasteiger partial charge in [0.05, 0.1) is 12.6 Å². The third kappa shape index (κ3) is 5.07. The Hall–Kier alpha value is -1.34. The minimum atomic E-state index is -0.200. The first-order valence-corrected chi connectivity index (χ1v) is 8.85. The standard InChI is InChI=1S/C16H28N4O3/c21-14-5-3-13(4-6-14)18-16(23)20-9-7-19(8-10-20)11-15(22)17-12-1-2-12/h12-14,21H,1-11H2,(H,17,22)(H,18,23). The van der Waals surface area contributed by atoms with Crippen LogP contribution in [0, 0.1) is 0 Å². The van der Waals surface area contributed by atoms with Crippen molar-refractivity contribution in [1.29, 1.82) is 0 Å². The second-order valence-corrected chi connectivity index (χ2v) is 7.06. The van der Waals surface area contributed by atoms with Crippen LogP contribution in [-0.2, 0) is 4.79 Å². The SMILES string of the molecule is O=C(CN1CCN(C(=O)NC2CCC(O)CC2)CC1)NC1CC1. The van der Waals surface area contributed by atoms with E-state index in [0.29, 0.717) is 25.7 Å². The van der Waals surface area contributed by atoms with Crippen LogP contribution in [0.4, 0.5) is 4.79 Å². The molecular formula is C16H28N4O3. The van der Waals surface area contributed by atoms with Crippen molar-refractivity contribution in [2.75, 3.05) is 32.7 Å². The Balaban J connectivity index is 1.34. The van der Waals surface area contributed by atoms with Gasteiger partial charge in [-0.25, -0.2) is 4.79 Å². The van der Waals surface area contributed by atoms with Crippen LogP contribution in [0.1, 0.15) is 38.5 Å². The van der Waals surface area contributed by atoms with Crippen molar-refractivity contribution in [1.82, 2.24) is 20.4 Å². The highest BCUT2D eigenvalue weighted by molar-refractivity contribution is 5.78. The van der Waals surface area contributed by atoms with E-state index < -0.39 is 0 Å². The summed E-state index contributed by atoms with van der Waals surface area (Å²) in [5, 5.41) is 15.6. The Kier molecular flexibility index (Phi) is 5.38. The molecule has 1 saturated heterocycles. The molecule has 0 atom stereocenters. The molecule has 0 unspecified atom stereocenters. The molecule has 0 spiro atoms. The van der Waals surface area contributed by atoms with Crippen LogP contribution in [0.15, 0.2) is 0 Å². The number of carbonyl (C=O) groups excluding carboxylic acids is 2. The minimum Gasteiger partial charge on any atom is -0.393 e. The molecule has 1 aliphatic heterocycles. The van der Waals surface area contributed by atoms with Gasteiger partial charge < -0.3 is 20.6 Å². The molecule has 130 valence electrons. The lowest BCUT2D eigenvalue weighted by Crippen LogP contribution is -2.55. The Morgan fingerprint density at radius 3 is 2.04 bits per heavy atom. The number of amides is 3. The molecule has 3 amide bonds. The van der Waals surface area contributed by atoms with Crippen LogP contribution in [0.2, 0.25) is 0 Å². The van der Waals surface area contributed by atoms with Gasteiger partial charge in [0.25, 0.3) is 0 Å². The number of hydrogen-bond acceptors (Lipinski definition) is 4. The fourth-order valence-corrected chi connectivity index (χ4v) is 3.30. The van der Waals surface area contributed by atoms with E-state index in [4.69, 9.17) is 0 Å². The molecule has 2 saturated carbocycles. The highest BCUT2D eigenvalue weighted by Crippen LogP contribution is 2.19. The summed E-state index contributed by atoms with van der Waals surface area (Å²) in [6.45, 7) is 3.26. The summed E-state index contributed by atoms with van der Waals surface area (Å²) in [4.78, 5) is 28.0. The highest BCUT2D eigenvalue weighted by atomic mass is 16.3. The molecule has 2 aliphatic carbocycles. The Bertz CT molecular complexity index is 425. The summed E-state index contributed by atoms with van der Waals surface area (Å²) in [6.07, 6.45) is 5.27. The summed E-state index contributed by atoms with van der Waals surface area (Å²) in [5.41, 5.74) is 0. The van der Waals surface area contributed by atoms with E-state index >= 15 is 0 Å². The van der Waals surface area contributed by atoms with E-state index in [9.17, 15) is 14.7 Å². The summed E-state index contributed by atoms with van der Waals surface area (Å²) >= 11 is 0. The predicted molar refractivity (Wildman–Crippen MR) is 86.0 cm³/mol. The van der Waals surface area contributed by atoms with Crippen molar-refractivity contribution >= 4 is 11.9 Å². The number of hydrogen-bond donors (Lipinski definition) is 3. The number of rotatable bonds is 4. The summed E-state index contributed by atoms with van der Waals surface area (Å²) in [7, 11) is 0. The molecule has 3 aliphatic rings. The van der Waals surface area contributed by atoms with Crippen LogP contribution in [0.5, 0.6) is 0 Å². The first-order valence-electron chi connectivity index (χ1n) is 8.85. The van der Waals surface area contributed by atoms with Crippen molar-refractivity contribution in [3.63, 3.8) is 0 Å². The van der Waals surface area contributed by atoms with Crippen LogP contribution < -0.4 is 10.6 Å². The van der Waals surface area contributed by atoms with E-state index in [0.717, 1.165) is 51.6 Å². The molecule has 7 nitrogen and oxygen atoms in total. The van der Waals surface area contributed by atoms with E-state index in [1.54, 1.807) is 0 Å². The lowest BCUT2D eigenvalue weighted by atomic mass is 9.93. The Morgan fingerprint density at radius 1 is 0.870 bits per heavy atom. The Labute approximate surface area is 137 Å². The second-order valence-electron chi connectivity index (χ2n) is 7.06. The first-order chi connectivity index (χ1) is 11.1. The molecular weight excluding hydrogens is 296 g/mol. The lowest BCUT2D eigenvalue weighted by molar-refractivity contribution is -0.122.